The number of thiazole rings is 1. The van der Waals surface area contributed by atoms with Crippen molar-refractivity contribution in [2.75, 3.05) is 20.8 Å². The summed E-state index contributed by atoms with van der Waals surface area (Å²) in [5.41, 5.74) is 2.99. The Hall–Kier alpha value is -3.40. The van der Waals surface area contributed by atoms with Gasteiger partial charge in [-0.15, -0.1) is 11.3 Å². The maximum absolute atomic E-state index is 12.4. The van der Waals surface area contributed by atoms with Gasteiger partial charge >= 0.3 is 12.1 Å². The van der Waals surface area contributed by atoms with Gasteiger partial charge in [-0.3, -0.25) is 9.69 Å². The van der Waals surface area contributed by atoms with Crippen LogP contribution in [0, 0.1) is 6.92 Å². The Labute approximate surface area is 227 Å². The number of nitrogens with one attached hydrogen (secondary N) is 1. The maximum atomic E-state index is 12.4. The van der Waals surface area contributed by atoms with Gasteiger partial charge in [0, 0.05) is 28.9 Å². The number of benzene rings is 1. The summed E-state index contributed by atoms with van der Waals surface area (Å²) in [5, 5.41) is 3.55. The normalized spacial score (nSPS) is 15.3. The number of carbonyl (C=O) groups excluding carboxylic acids is 2. The number of H-pyrrole nitrogens is 1. The summed E-state index contributed by atoms with van der Waals surface area (Å²) in [6.07, 6.45) is 1.01. The van der Waals surface area contributed by atoms with Crippen molar-refractivity contribution in [1.82, 2.24) is 14.9 Å². The summed E-state index contributed by atoms with van der Waals surface area (Å²) in [7, 11) is 2.96. The van der Waals surface area contributed by atoms with Gasteiger partial charge in [-0.25, -0.2) is 14.6 Å². The highest BCUT2D eigenvalue weighted by Crippen LogP contribution is 2.29. The van der Waals surface area contributed by atoms with Crippen LogP contribution in [0.5, 0.6) is 5.75 Å². The van der Waals surface area contributed by atoms with Gasteiger partial charge in [-0.2, -0.15) is 0 Å². The molecule has 1 saturated heterocycles. The Morgan fingerprint density at radius 2 is 1.92 bits per heavy atom. The van der Waals surface area contributed by atoms with Gasteiger partial charge in [-0.05, 0) is 58.6 Å². The van der Waals surface area contributed by atoms with Crippen molar-refractivity contribution in [1.29, 1.82) is 0 Å². The molecule has 2 aromatic heterocycles. The van der Waals surface area contributed by atoms with E-state index in [-0.39, 0.29) is 11.4 Å². The van der Waals surface area contributed by atoms with Crippen molar-refractivity contribution in [3.63, 3.8) is 0 Å². The third-order valence-electron chi connectivity index (χ3n) is 6.13. The molecule has 9 nitrogen and oxygen atoms in total. The third kappa shape index (κ3) is 6.72. The molecule has 1 N–H and O–H groups in total. The molecule has 1 aromatic carbocycles. The first-order chi connectivity index (χ1) is 17.9. The molecular weight excluding hydrogens is 506 g/mol. The summed E-state index contributed by atoms with van der Waals surface area (Å²) >= 11 is 1.55. The molecule has 3 aromatic rings. The van der Waals surface area contributed by atoms with E-state index in [0.29, 0.717) is 24.3 Å². The van der Waals surface area contributed by atoms with Gasteiger partial charge in [0.05, 0.1) is 31.1 Å². The lowest BCUT2D eigenvalue weighted by Crippen LogP contribution is -2.43. The first-order valence-corrected chi connectivity index (χ1v) is 13.5. The number of hydrogen-bond acceptors (Lipinski definition) is 8. The summed E-state index contributed by atoms with van der Waals surface area (Å²) < 4.78 is 15.2. The number of rotatable bonds is 4. The molecule has 0 radical (unpaired) electrons. The fourth-order valence-corrected chi connectivity index (χ4v) is 5.09. The number of methoxy groups -OCH3 is 2. The Kier molecular flexibility index (Phi) is 9.19. The molecule has 10 heteroatoms. The van der Waals surface area contributed by atoms with Gasteiger partial charge in [0.25, 0.3) is 0 Å². The van der Waals surface area contributed by atoms with Crippen LogP contribution in [0.15, 0.2) is 28.4 Å². The Bertz CT molecular complexity index is 1350. The Morgan fingerprint density at radius 1 is 1.21 bits per heavy atom. The van der Waals surface area contributed by atoms with Crippen LogP contribution in [-0.4, -0.2) is 59.3 Å². The molecular formula is C28H37N3O6S. The van der Waals surface area contributed by atoms with Gasteiger partial charge in [0.2, 0.25) is 0 Å². The zero-order chi connectivity index (χ0) is 28.2. The van der Waals surface area contributed by atoms with E-state index in [1.165, 1.54) is 12.0 Å². The van der Waals surface area contributed by atoms with E-state index in [2.05, 4.69) is 28.6 Å². The van der Waals surface area contributed by atoms with Crippen molar-refractivity contribution in [2.45, 2.75) is 71.9 Å². The number of aryl methyl sites for hydroxylation is 1. The number of ether oxygens (including phenoxy) is 3. The fraction of sp³-hybridized carbons (Fsp3) is 0.500. The van der Waals surface area contributed by atoms with Crippen molar-refractivity contribution in [2.24, 2.45) is 0 Å². The van der Waals surface area contributed by atoms with Crippen LogP contribution in [0.25, 0.3) is 21.6 Å². The second-order valence-corrected chi connectivity index (χ2v) is 11.3. The summed E-state index contributed by atoms with van der Waals surface area (Å²) in [4.78, 5) is 45.0. The Morgan fingerprint density at radius 3 is 2.50 bits per heavy atom. The lowest BCUT2D eigenvalue weighted by Gasteiger charge is -2.27. The summed E-state index contributed by atoms with van der Waals surface area (Å²) in [6, 6.07) is 4.76. The minimum atomic E-state index is -0.541. The molecule has 1 aliphatic heterocycles. The molecule has 1 amide bonds. The standard InChI is InChI=1S/C17H18N2O2S.C11H19NO4/c1-9(2)13-8-22-17(19-13)12-7-14(20)11-5-6-15(21-4)10(3)16(11)18-12;1-11(2,3)16-10(14)12-7-5-6-8(12)9(13)15-4/h5-9H,1-4H3,(H,18,20);8H,5-7H2,1-4H3/t;8-/m.0/s1. The van der Waals surface area contributed by atoms with E-state index in [1.807, 2.05) is 18.4 Å². The first kappa shape index (κ1) is 29.2. The van der Waals surface area contributed by atoms with Crippen molar-refractivity contribution in [3.05, 3.63) is 45.1 Å². The average molecular weight is 544 g/mol. The van der Waals surface area contributed by atoms with Crippen LogP contribution in [0.1, 0.15) is 64.6 Å². The number of nitrogens with zero attached hydrogens (tertiary/aromatic N) is 2. The lowest BCUT2D eigenvalue weighted by atomic mass is 10.1. The molecule has 206 valence electrons. The zero-order valence-electron chi connectivity index (χ0n) is 23.3. The van der Waals surface area contributed by atoms with Gasteiger partial charge in [-0.1, -0.05) is 13.8 Å². The number of fused-ring (bicyclic) bond motifs is 1. The van der Waals surface area contributed by atoms with E-state index >= 15 is 0 Å². The van der Waals surface area contributed by atoms with Crippen LogP contribution in [0.3, 0.4) is 0 Å². The molecule has 38 heavy (non-hydrogen) atoms. The predicted molar refractivity (Wildman–Crippen MR) is 149 cm³/mol. The van der Waals surface area contributed by atoms with Crippen LogP contribution in [-0.2, 0) is 14.3 Å². The number of likely N-dealkylation sites (tertiary alicyclic amines) is 1. The smallest absolute Gasteiger partial charge is 0.411 e. The molecule has 1 aliphatic rings. The third-order valence-corrected chi connectivity index (χ3v) is 7.03. The number of hydrogen-bond donors (Lipinski definition) is 1. The predicted octanol–water partition coefficient (Wildman–Crippen LogP) is 5.65. The highest BCUT2D eigenvalue weighted by Gasteiger charge is 2.37. The quantitative estimate of drug-likeness (QED) is 0.423. The van der Waals surface area contributed by atoms with Gasteiger partial charge in [0.15, 0.2) is 5.43 Å². The molecule has 3 heterocycles. The van der Waals surface area contributed by atoms with Gasteiger partial charge in [0.1, 0.15) is 22.4 Å². The van der Waals surface area contributed by atoms with Crippen molar-refractivity contribution >= 4 is 34.3 Å². The average Bonchev–Trinajstić information content (AvgIpc) is 3.54. The highest BCUT2D eigenvalue weighted by atomic mass is 32.1. The molecule has 1 atom stereocenters. The van der Waals surface area contributed by atoms with E-state index in [1.54, 1.807) is 51.4 Å². The number of aromatic nitrogens is 2. The van der Waals surface area contributed by atoms with E-state index in [9.17, 15) is 14.4 Å². The molecule has 0 bridgehead atoms. The second kappa shape index (κ2) is 12.0. The zero-order valence-corrected chi connectivity index (χ0v) is 24.2. The Balaban J connectivity index is 0.000000223. The molecule has 0 saturated carbocycles. The largest absolute Gasteiger partial charge is 0.496 e. The molecule has 0 aliphatic carbocycles. The SMILES string of the molecule is COC(=O)[C@@H]1CCCN1C(=O)OC(C)(C)C.COc1ccc2c(=O)cc(-c3nc(C(C)C)cs3)[nH]c2c1C. The highest BCUT2D eigenvalue weighted by molar-refractivity contribution is 7.13. The number of aromatic amines is 1. The first-order valence-electron chi connectivity index (χ1n) is 12.6. The number of esters is 1. The number of carbonyl (C=O) groups is 2. The van der Waals surface area contributed by atoms with Crippen molar-refractivity contribution < 1.29 is 23.8 Å². The van der Waals surface area contributed by atoms with Crippen LogP contribution >= 0.6 is 11.3 Å². The van der Waals surface area contributed by atoms with Crippen molar-refractivity contribution in [3.8, 4) is 16.5 Å². The summed E-state index contributed by atoms with van der Waals surface area (Å²) in [5.74, 6) is 0.768. The fourth-order valence-electron chi connectivity index (χ4n) is 4.14. The van der Waals surface area contributed by atoms with E-state index in [4.69, 9.17) is 9.47 Å². The molecule has 4 rings (SSSR count). The maximum Gasteiger partial charge on any atom is 0.411 e. The van der Waals surface area contributed by atoms with Gasteiger partial charge < -0.3 is 19.2 Å². The number of pyridine rings is 1. The summed E-state index contributed by atoms with van der Waals surface area (Å²) in [6.45, 7) is 12.1. The second-order valence-electron chi connectivity index (χ2n) is 10.4. The monoisotopic (exact) mass is 543 g/mol. The number of amides is 1. The molecule has 0 unspecified atom stereocenters. The van der Waals surface area contributed by atoms with E-state index in [0.717, 1.165) is 39.6 Å². The molecule has 1 fully saturated rings. The van der Waals surface area contributed by atoms with Crippen LogP contribution in [0.4, 0.5) is 4.79 Å². The van der Waals surface area contributed by atoms with E-state index < -0.39 is 17.7 Å². The topological polar surface area (TPSA) is 111 Å². The lowest BCUT2D eigenvalue weighted by molar-refractivity contribution is -0.145. The van der Waals surface area contributed by atoms with Crippen LogP contribution in [0.2, 0.25) is 0 Å². The molecule has 0 spiro atoms. The minimum Gasteiger partial charge on any atom is -0.496 e. The van der Waals surface area contributed by atoms with Crippen LogP contribution < -0.4 is 10.2 Å². The minimum absolute atomic E-state index is 0.00389.